The zero-order valence-electron chi connectivity index (χ0n) is 16.9. The van der Waals surface area contributed by atoms with Crippen LogP contribution in [0.2, 0.25) is 0 Å². The molecule has 0 aliphatic carbocycles. The van der Waals surface area contributed by atoms with Crippen LogP contribution in [0.5, 0.6) is 5.75 Å². The van der Waals surface area contributed by atoms with Gasteiger partial charge >= 0.3 is 0 Å². The van der Waals surface area contributed by atoms with E-state index in [9.17, 15) is 19.7 Å². The molecular weight excluding hydrogens is 388 g/mol. The van der Waals surface area contributed by atoms with Gasteiger partial charge in [-0.3, -0.25) is 24.6 Å². The van der Waals surface area contributed by atoms with Crippen molar-refractivity contribution < 1.29 is 19.2 Å². The summed E-state index contributed by atoms with van der Waals surface area (Å²) in [4.78, 5) is 39.1. The number of nitrogens with zero attached hydrogens (tertiary/aromatic N) is 3. The average Bonchev–Trinajstić information content (AvgIpc) is 3.22. The number of carbonyl (C=O) groups excluding carboxylic acids is 2. The van der Waals surface area contributed by atoms with Crippen molar-refractivity contribution >= 4 is 28.9 Å². The molecule has 1 heterocycles. The summed E-state index contributed by atoms with van der Waals surface area (Å²) in [6.45, 7) is 0.745. The molecule has 1 atom stereocenters. The number of ether oxygens (including phenoxy) is 1. The van der Waals surface area contributed by atoms with Crippen LogP contribution in [0.3, 0.4) is 0 Å². The highest BCUT2D eigenvalue weighted by Crippen LogP contribution is 2.22. The molecule has 0 unspecified atom stereocenters. The van der Waals surface area contributed by atoms with Gasteiger partial charge in [-0.1, -0.05) is 0 Å². The van der Waals surface area contributed by atoms with Crippen LogP contribution in [0.15, 0.2) is 48.5 Å². The van der Waals surface area contributed by atoms with Gasteiger partial charge in [0, 0.05) is 30.6 Å². The zero-order chi connectivity index (χ0) is 21.7. The zero-order valence-corrected chi connectivity index (χ0v) is 16.9. The van der Waals surface area contributed by atoms with E-state index in [1.807, 2.05) is 4.90 Å². The molecule has 9 nitrogen and oxygen atoms in total. The average molecular weight is 412 g/mol. The number of carbonyl (C=O) groups is 2. The molecule has 9 heteroatoms. The van der Waals surface area contributed by atoms with Crippen LogP contribution < -0.4 is 15.0 Å². The van der Waals surface area contributed by atoms with Crippen molar-refractivity contribution in [3.05, 3.63) is 58.6 Å². The lowest BCUT2D eigenvalue weighted by molar-refractivity contribution is -0.384. The number of rotatable bonds is 7. The highest BCUT2D eigenvalue weighted by atomic mass is 16.6. The van der Waals surface area contributed by atoms with E-state index in [4.69, 9.17) is 4.74 Å². The van der Waals surface area contributed by atoms with Gasteiger partial charge in [0.1, 0.15) is 5.75 Å². The van der Waals surface area contributed by atoms with Gasteiger partial charge in [0.15, 0.2) is 0 Å². The predicted molar refractivity (Wildman–Crippen MR) is 113 cm³/mol. The second-order valence-corrected chi connectivity index (χ2v) is 7.07. The minimum Gasteiger partial charge on any atom is -0.497 e. The standard InChI is InChI=1S/C21H24N4O5/c1-23(16-7-9-17(10-8-16)25(28)29)20(26)14-24-13-3-4-19(24)21(27)22-15-5-11-18(30-2)12-6-15/h5-12,19H,3-4,13-14H2,1-2H3,(H,22,27)/t19-/m1/s1. The molecule has 2 aromatic rings. The maximum absolute atomic E-state index is 12.7. The predicted octanol–water partition coefficient (Wildman–Crippen LogP) is 2.67. The first-order valence-corrected chi connectivity index (χ1v) is 9.59. The molecule has 1 N–H and O–H groups in total. The van der Waals surface area contributed by atoms with E-state index in [2.05, 4.69) is 5.32 Å². The van der Waals surface area contributed by atoms with Gasteiger partial charge in [0.05, 0.1) is 24.6 Å². The fraction of sp³-hybridized carbons (Fsp3) is 0.333. The van der Waals surface area contributed by atoms with Crippen LogP contribution in [0.4, 0.5) is 17.1 Å². The molecule has 0 saturated carbocycles. The summed E-state index contributed by atoms with van der Waals surface area (Å²) in [7, 11) is 3.20. The van der Waals surface area contributed by atoms with Gasteiger partial charge in [-0.05, 0) is 55.8 Å². The van der Waals surface area contributed by atoms with Crippen molar-refractivity contribution in [3.8, 4) is 5.75 Å². The van der Waals surface area contributed by atoms with Crippen LogP contribution >= 0.6 is 0 Å². The highest BCUT2D eigenvalue weighted by Gasteiger charge is 2.32. The van der Waals surface area contributed by atoms with E-state index in [0.717, 1.165) is 6.42 Å². The number of nitrogens with one attached hydrogen (secondary N) is 1. The Balaban J connectivity index is 1.60. The third-order valence-electron chi connectivity index (χ3n) is 5.18. The first-order valence-electron chi connectivity index (χ1n) is 9.59. The molecule has 0 spiro atoms. The molecule has 30 heavy (non-hydrogen) atoms. The first-order chi connectivity index (χ1) is 14.4. The summed E-state index contributed by atoms with van der Waals surface area (Å²) in [6.07, 6.45) is 1.51. The van der Waals surface area contributed by atoms with Crippen LogP contribution in [0.1, 0.15) is 12.8 Å². The topological polar surface area (TPSA) is 105 Å². The third-order valence-corrected chi connectivity index (χ3v) is 5.18. The van der Waals surface area contributed by atoms with Crippen molar-refractivity contribution in [2.75, 3.05) is 37.5 Å². The summed E-state index contributed by atoms with van der Waals surface area (Å²) in [5.41, 5.74) is 1.19. The number of hydrogen-bond donors (Lipinski definition) is 1. The number of non-ortho nitro benzene ring substituents is 1. The molecule has 3 rings (SSSR count). The Kier molecular flexibility index (Phi) is 6.63. The molecule has 158 valence electrons. The number of likely N-dealkylation sites (N-methyl/N-ethyl adjacent to an activating group) is 1. The summed E-state index contributed by atoms with van der Waals surface area (Å²) in [5.74, 6) is 0.367. The minimum absolute atomic E-state index is 0.0330. The Hall–Kier alpha value is -3.46. The summed E-state index contributed by atoms with van der Waals surface area (Å²) in [6, 6.07) is 12.5. The van der Waals surface area contributed by atoms with Crippen LogP contribution in [0, 0.1) is 10.1 Å². The van der Waals surface area contributed by atoms with E-state index >= 15 is 0 Å². The van der Waals surface area contributed by atoms with E-state index in [1.54, 1.807) is 38.4 Å². The number of anilines is 2. The lowest BCUT2D eigenvalue weighted by Crippen LogP contribution is -2.45. The second-order valence-electron chi connectivity index (χ2n) is 7.07. The molecule has 2 amide bonds. The Morgan fingerprint density at radius 1 is 1.20 bits per heavy atom. The first kappa shape index (κ1) is 21.3. The second kappa shape index (κ2) is 9.36. The van der Waals surface area contributed by atoms with Crippen molar-refractivity contribution in [3.63, 3.8) is 0 Å². The summed E-state index contributed by atoms with van der Waals surface area (Å²) in [5, 5.41) is 13.7. The fourth-order valence-corrected chi connectivity index (χ4v) is 3.43. The Morgan fingerprint density at radius 2 is 1.87 bits per heavy atom. The SMILES string of the molecule is COc1ccc(NC(=O)[C@H]2CCCN2CC(=O)N(C)c2ccc([N+](=O)[O-])cc2)cc1. The monoisotopic (exact) mass is 412 g/mol. The number of nitro benzene ring substituents is 1. The van der Waals surface area contributed by atoms with Crippen LogP contribution in [-0.2, 0) is 9.59 Å². The largest absolute Gasteiger partial charge is 0.497 e. The molecule has 1 aliphatic heterocycles. The quantitative estimate of drug-likeness (QED) is 0.554. The maximum Gasteiger partial charge on any atom is 0.269 e. The molecule has 1 saturated heterocycles. The van der Waals surface area contributed by atoms with E-state index in [0.29, 0.717) is 30.1 Å². The Labute approximate surface area is 174 Å². The number of hydrogen-bond acceptors (Lipinski definition) is 6. The van der Waals surface area contributed by atoms with Crippen molar-refractivity contribution in [2.45, 2.75) is 18.9 Å². The number of amides is 2. The number of likely N-dealkylation sites (tertiary alicyclic amines) is 1. The molecule has 0 bridgehead atoms. The van der Waals surface area contributed by atoms with E-state index < -0.39 is 4.92 Å². The lowest BCUT2D eigenvalue weighted by Gasteiger charge is -2.26. The minimum atomic E-state index is -0.484. The van der Waals surface area contributed by atoms with Gasteiger partial charge in [-0.2, -0.15) is 0 Å². The molecule has 1 aliphatic rings. The van der Waals surface area contributed by atoms with Gasteiger partial charge in [-0.25, -0.2) is 0 Å². The van der Waals surface area contributed by atoms with Crippen LogP contribution in [-0.4, -0.2) is 54.9 Å². The van der Waals surface area contributed by atoms with Crippen molar-refractivity contribution in [1.82, 2.24) is 4.90 Å². The van der Waals surface area contributed by atoms with Crippen molar-refractivity contribution in [2.24, 2.45) is 0 Å². The van der Waals surface area contributed by atoms with E-state index in [1.165, 1.54) is 29.2 Å². The number of nitro groups is 1. The molecule has 2 aromatic carbocycles. The molecular formula is C21H24N4O5. The van der Waals surface area contributed by atoms with Crippen LogP contribution in [0.25, 0.3) is 0 Å². The molecule has 1 fully saturated rings. The summed E-state index contributed by atoms with van der Waals surface area (Å²) >= 11 is 0. The summed E-state index contributed by atoms with van der Waals surface area (Å²) < 4.78 is 5.12. The van der Waals surface area contributed by atoms with E-state index in [-0.39, 0.29) is 30.1 Å². The molecule has 0 radical (unpaired) electrons. The molecule has 0 aromatic heterocycles. The highest BCUT2D eigenvalue weighted by molar-refractivity contribution is 5.97. The van der Waals surface area contributed by atoms with Crippen molar-refractivity contribution in [1.29, 1.82) is 0 Å². The smallest absolute Gasteiger partial charge is 0.269 e. The van der Waals surface area contributed by atoms with Gasteiger partial charge in [-0.15, -0.1) is 0 Å². The number of benzene rings is 2. The third kappa shape index (κ3) is 4.93. The Morgan fingerprint density at radius 3 is 2.47 bits per heavy atom. The van der Waals surface area contributed by atoms with Gasteiger partial charge in [0.2, 0.25) is 11.8 Å². The van der Waals surface area contributed by atoms with Gasteiger partial charge in [0.25, 0.3) is 5.69 Å². The maximum atomic E-state index is 12.7. The van der Waals surface area contributed by atoms with Gasteiger partial charge < -0.3 is 15.0 Å². The lowest BCUT2D eigenvalue weighted by atomic mass is 10.2. The Bertz CT molecular complexity index is 914. The number of methoxy groups -OCH3 is 1. The fourth-order valence-electron chi connectivity index (χ4n) is 3.43. The normalized spacial score (nSPS) is 16.1.